The van der Waals surface area contributed by atoms with Gasteiger partial charge >= 0.3 is 11.9 Å². The van der Waals surface area contributed by atoms with Gasteiger partial charge in [-0.15, -0.1) is 0 Å². The van der Waals surface area contributed by atoms with Crippen LogP contribution in [0.1, 0.15) is 175 Å². The van der Waals surface area contributed by atoms with E-state index in [0.29, 0.717) is 38.9 Å². The second-order valence-corrected chi connectivity index (χ2v) is 13.1. The van der Waals surface area contributed by atoms with E-state index in [2.05, 4.69) is 69.4 Å². The predicted molar refractivity (Wildman–Crippen MR) is 208 cm³/mol. The minimum Gasteiger partial charge on any atom is -0.466 e. The summed E-state index contributed by atoms with van der Waals surface area (Å²) in [6, 6.07) is 0. The third kappa shape index (κ3) is 37.0. The fourth-order valence-corrected chi connectivity index (χ4v) is 5.16. The highest BCUT2D eigenvalue weighted by Gasteiger charge is 2.14. The monoisotopic (exact) mass is 705 g/mol. The van der Waals surface area contributed by atoms with Crippen LogP contribution in [0.3, 0.4) is 0 Å². The molecule has 1 unspecified atom stereocenters. The zero-order valence-corrected chi connectivity index (χ0v) is 32.5. The molecule has 0 radical (unpaired) electrons. The van der Waals surface area contributed by atoms with Crippen LogP contribution in [0.4, 0.5) is 0 Å². The van der Waals surface area contributed by atoms with Crippen molar-refractivity contribution in [3.8, 4) is 0 Å². The normalized spacial score (nSPS) is 12.7. The molecule has 0 rings (SSSR count). The number of hydrogen-bond donors (Lipinski definition) is 1. The van der Waals surface area contributed by atoms with E-state index in [4.69, 9.17) is 18.9 Å². The highest BCUT2D eigenvalue weighted by atomic mass is 16.7. The molecule has 0 saturated carbocycles. The Hall–Kier alpha value is -2.22. The molecule has 0 fully saturated rings. The maximum Gasteiger partial charge on any atom is 0.305 e. The Morgan fingerprint density at radius 2 is 0.960 bits per heavy atom. The van der Waals surface area contributed by atoms with Gasteiger partial charge in [0.05, 0.1) is 25.7 Å². The third-order valence-corrected chi connectivity index (χ3v) is 8.29. The number of carbonyl (C=O) groups is 2. The molecule has 290 valence electrons. The van der Waals surface area contributed by atoms with Crippen LogP contribution in [0, 0.1) is 0 Å². The van der Waals surface area contributed by atoms with Crippen LogP contribution in [0.15, 0.2) is 48.6 Å². The summed E-state index contributed by atoms with van der Waals surface area (Å²) >= 11 is 0. The quantitative estimate of drug-likeness (QED) is 0.0298. The van der Waals surface area contributed by atoms with Crippen molar-refractivity contribution in [2.45, 2.75) is 187 Å². The van der Waals surface area contributed by atoms with Crippen molar-refractivity contribution in [3.05, 3.63) is 48.6 Å². The lowest BCUT2D eigenvalue weighted by molar-refractivity contribution is -0.159. The molecular formula is C43H76O7. The Morgan fingerprint density at radius 1 is 0.500 bits per heavy atom. The van der Waals surface area contributed by atoms with Gasteiger partial charge in [0.2, 0.25) is 0 Å². The average molecular weight is 705 g/mol. The van der Waals surface area contributed by atoms with Crippen molar-refractivity contribution in [1.29, 1.82) is 0 Å². The van der Waals surface area contributed by atoms with E-state index in [1.807, 2.05) is 0 Å². The van der Waals surface area contributed by atoms with E-state index in [-0.39, 0.29) is 31.6 Å². The number of aliphatic hydroxyl groups excluding tert-OH is 1. The van der Waals surface area contributed by atoms with Gasteiger partial charge in [0, 0.05) is 38.9 Å². The first-order valence-electron chi connectivity index (χ1n) is 20.4. The van der Waals surface area contributed by atoms with Gasteiger partial charge in [0.1, 0.15) is 0 Å². The maximum atomic E-state index is 12.4. The lowest BCUT2D eigenvalue weighted by Crippen LogP contribution is -2.21. The smallest absolute Gasteiger partial charge is 0.305 e. The molecule has 0 amide bonds. The number of aliphatic hydroxyl groups is 1. The van der Waals surface area contributed by atoms with E-state index >= 15 is 0 Å². The third-order valence-electron chi connectivity index (χ3n) is 8.29. The second-order valence-electron chi connectivity index (χ2n) is 13.1. The Morgan fingerprint density at radius 3 is 1.50 bits per heavy atom. The SMILES string of the molecule is CC/C=C\CCCCOC(CCC(=O)OCCC(O)CCOC(=O)CCCCCCC/C=C\C/C=C\CCCCC)OCCCC/C=C\CC. The summed E-state index contributed by atoms with van der Waals surface area (Å²) in [4.78, 5) is 24.4. The molecule has 0 bridgehead atoms. The van der Waals surface area contributed by atoms with Crippen LogP contribution in [0.2, 0.25) is 0 Å². The molecule has 7 nitrogen and oxygen atoms in total. The predicted octanol–water partition coefficient (Wildman–Crippen LogP) is 11.4. The fraction of sp³-hybridized carbons (Fsp3) is 0.767. The molecule has 0 aromatic rings. The molecular weight excluding hydrogens is 628 g/mol. The fourth-order valence-electron chi connectivity index (χ4n) is 5.16. The molecule has 0 aliphatic rings. The number of unbranched alkanes of at least 4 members (excludes halogenated alkanes) is 12. The first-order valence-corrected chi connectivity index (χ1v) is 20.4. The topological polar surface area (TPSA) is 91.3 Å². The Bertz CT molecular complexity index is 839. The van der Waals surface area contributed by atoms with Crippen LogP contribution < -0.4 is 0 Å². The molecule has 1 N–H and O–H groups in total. The molecule has 0 aromatic heterocycles. The molecule has 1 atom stereocenters. The van der Waals surface area contributed by atoms with Crippen LogP contribution in [-0.2, 0) is 28.5 Å². The summed E-state index contributed by atoms with van der Waals surface area (Å²) in [5.74, 6) is -0.539. The molecule has 0 spiro atoms. The number of allylic oxidation sites excluding steroid dienone is 8. The van der Waals surface area contributed by atoms with Crippen molar-refractivity contribution >= 4 is 11.9 Å². The molecule has 0 aliphatic carbocycles. The van der Waals surface area contributed by atoms with Crippen molar-refractivity contribution < 1.29 is 33.6 Å². The zero-order valence-electron chi connectivity index (χ0n) is 32.5. The summed E-state index contributed by atoms with van der Waals surface area (Å²) in [5.41, 5.74) is 0. The van der Waals surface area contributed by atoms with E-state index in [1.54, 1.807) is 0 Å². The zero-order chi connectivity index (χ0) is 36.6. The Kier molecular flexibility index (Phi) is 37.8. The van der Waals surface area contributed by atoms with Gasteiger partial charge in [-0.3, -0.25) is 9.59 Å². The summed E-state index contributed by atoms with van der Waals surface area (Å²) < 4.78 is 22.6. The van der Waals surface area contributed by atoms with Gasteiger partial charge in [-0.2, -0.15) is 0 Å². The average Bonchev–Trinajstić information content (AvgIpc) is 3.11. The first kappa shape index (κ1) is 47.8. The van der Waals surface area contributed by atoms with Gasteiger partial charge in [0.15, 0.2) is 6.29 Å². The standard InChI is InChI=1S/C43H76O7/c1-4-7-10-13-16-17-18-19-20-21-22-23-24-25-28-31-41(45)47-38-34-40(44)35-39-48-42(46)32-33-43(49-36-29-26-14-11-8-5-2)50-37-30-27-15-12-9-6-3/h8-9,11-12,16-17,19-20,40,43-44H,4-7,10,13-15,18,21-39H2,1-3H3/b11-8-,12-9-,17-16-,20-19-. The molecule has 0 heterocycles. The number of carbonyl (C=O) groups excluding carboxylic acids is 2. The lowest BCUT2D eigenvalue weighted by atomic mass is 10.1. The Labute approximate surface area is 307 Å². The molecule has 50 heavy (non-hydrogen) atoms. The van der Waals surface area contributed by atoms with E-state index in [0.717, 1.165) is 83.5 Å². The number of hydrogen-bond acceptors (Lipinski definition) is 7. The van der Waals surface area contributed by atoms with Gasteiger partial charge in [-0.05, 0) is 89.9 Å². The van der Waals surface area contributed by atoms with Crippen molar-refractivity contribution in [2.24, 2.45) is 0 Å². The summed E-state index contributed by atoms with van der Waals surface area (Å²) in [6.07, 6.45) is 39.3. The highest BCUT2D eigenvalue weighted by Crippen LogP contribution is 2.12. The second kappa shape index (κ2) is 39.6. The number of ether oxygens (including phenoxy) is 4. The van der Waals surface area contributed by atoms with Gasteiger partial charge in [-0.1, -0.05) is 101 Å². The van der Waals surface area contributed by atoms with Crippen molar-refractivity contribution in [2.75, 3.05) is 26.4 Å². The van der Waals surface area contributed by atoms with Gasteiger partial charge < -0.3 is 24.1 Å². The van der Waals surface area contributed by atoms with Crippen LogP contribution in [0.5, 0.6) is 0 Å². The lowest BCUT2D eigenvalue weighted by Gasteiger charge is -2.18. The summed E-state index contributed by atoms with van der Waals surface area (Å²) in [6.45, 7) is 8.01. The van der Waals surface area contributed by atoms with Crippen LogP contribution in [-0.4, -0.2) is 55.9 Å². The molecule has 0 aliphatic heterocycles. The van der Waals surface area contributed by atoms with Crippen molar-refractivity contribution in [1.82, 2.24) is 0 Å². The number of esters is 2. The largest absolute Gasteiger partial charge is 0.466 e. The van der Waals surface area contributed by atoms with Crippen LogP contribution >= 0.6 is 0 Å². The van der Waals surface area contributed by atoms with Gasteiger partial charge in [-0.25, -0.2) is 0 Å². The van der Waals surface area contributed by atoms with Crippen LogP contribution in [0.25, 0.3) is 0 Å². The minimum atomic E-state index is -0.690. The Balaban J connectivity index is 3.95. The summed E-state index contributed by atoms with van der Waals surface area (Å²) in [7, 11) is 0. The van der Waals surface area contributed by atoms with E-state index in [9.17, 15) is 14.7 Å². The molecule has 7 heteroatoms. The van der Waals surface area contributed by atoms with E-state index < -0.39 is 12.4 Å². The summed E-state index contributed by atoms with van der Waals surface area (Å²) in [5, 5.41) is 10.2. The van der Waals surface area contributed by atoms with Crippen molar-refractivity contribution in [3.63, 3.8) is 0 Å². The molecule has 0 saturated heterocycles. The first-order chi connectivity index (χ1) is 24.5. The molecule has 0 aromatic carbocycles. The number of rotatable bonds is 37. The minimum absolute atomic E-state index is 0.128. The highest BCUT2D eigenvalue weighted by molar-refractivity contribution is 5.69. The van der Waals surface area contributed by atoms with E-state index in [1.165, 1.54) is 38.5 Å². The maximum absolute atomic E-state index is 12.4. The van der Waals surface area contributed by atoms with Gasteiger partial charge in [0.25, 0.3) is 0 Å².